The zero-order valence-electron chi connectivity index (χ0n) is 10.9. The van der Waals surface area contributed by atoms with E-state index in [9.17, 15) is 0 Å². The van der Waals surface area contributed by atoms with Crippen LogP contribution < -0.4 is 5.73 Å². The Morgan fingerprint density at radius 2 is 1.74 bits per heavy atom. The average molecular weight is 248 g/mol. The fourth-order valence-electron chi connectivity index (χ4n) is 2.32. The minimum Gasteiger partial charge on any atom is -0.324 e. The first-order chi connectivity index (χ1) is 9.25. The molecule has 0 aliphatic carbocycles. The third-order valence-corrected chi connectivity index (χ3v) is 3.39. The molecule has 1 atom stereocenters. The fraction of sp³-hybridized carbons (Fsp3) is 0.118. The summed E-state index contributed by atoms with van der Waals surface area (Å²) in [5.74, 6) is 0. The Balaban J connectivity index is 2.14. The van der Waals surface area contributed by atoms with E-state index in [1.807, 2.05) is 31.3 Å². The van der Waals surface area contributed by atoms with Crippen LogP contribution in [0.2, 0.25) is 0 Å². The normalized spacial score (nSPS) is 12.5. The number of rotatable bonds is 2. The van der Waals surface area contributed by atoms with E-state index >= 15 is 0 Å². The number of nitrogens with two attached hydrogens (primary N) is 1. The zero-order valence-corrected chi connectivity index (χ0v) is 10.9. The summed E-state index contributed by atoms with van der Waals surface area (Å²) in [5.41, 5.74) is 10.5. The van der Waals surface area contributed by atoms with Gasteiger partial charge in [-0.3, -0.25) is 4.98 Å². The molecule has 3 aromatic rings. The molecule has 0 aliphatic rings. The molecule has 0 saturated carbocycles. The molecular weight excluding hydrogens is 232 g/mol. The van der Waals surface area contributed by atoms with E-state index in [2.05, 4.69) is 41.4 Å². The molecule has 2 heteroatoms. The van der Waals surface area contributed by atoms with Crippen molar-refractivity contribution in [1.82, 2.24) is 4.98 Å². The topological polar surface area (TPSA) is 38.9 Å². The number of aromatic nitrogens is 1. The SMILES string of the molecule is CC(N)c1ccc(-c2cccc3ncccc23)cc1. The van der Waals surface area contributed by atoms with Crippen molar-refractivity contribution in [2.24, 2.45) is 5.73 Å². The summed E-state index contributed by atoms with van der Waals surface area (Å²) in [6.45, 7) is 2.00. The Hall–Kier alpha value is -2.19. The highest BCUT2D eigenvalue weighted by Gasteiger charge is 2.05. The molecule has 0 spiro atoms. The first-order valence-corrected chi connectivity index (χ1v) is 6.45. The second-order valence-electron chi connectivity index (χ2n) is 4.79. The maximum Gasteiger partial charge on any atom is 0.0708 e. The summed E-state index contributed by atoms with van der Waals surface area (Å²) < 4.78 is 0. The number of fused-ring (bicyclic) bond motifs is 1. The number of benzene rings is 2. The summed E-state index contributed by atoms with van der Waals surface area (Å²) in [6.07, 6.45) is 1.82. The lowest BCUT2D eigenvalue weighted by molar-refractivity contribution is 0.818. The Morgan fingerprint density at radius 3 is 2.47 bits per heavy atom. The summed E-state index contributed by atoms with van der Waals surface area (Å²) in [5, 5.41) is 1.18. The van der Waals surface area contributed by atoms with Gasteiger partial charge in [0, 0.05) is 17.6 Å². The fourth-order valence-corrected chi connectivity index (χ4v) is 2.32. The predicted octanol–water partition coefficient (Wildman–Crippen LogP) is 3.92. The van der Waals surface area contributed by atoms with Crippen LogP contribution in [0.1, 0.15) is 18.5 Å². The van der Waals surface area contributed by atoms with Gasteiger partial charge in [-0.25, -0.2) is 0 Å². The number of hydrogen-bond acceptors (Lipinski definition) is 2. The minimum absolute atomic E-state index is 0.0724. The van der Waals surface area contributed by atoms with Gasteiger partial charge in [0.1, 0.15) is 0 Å². The molecule has 94 valence electrons. The van der Waals surface area contributed by atoms with Gasteiger partial charge in [0.2, 0.25) is 0 Å². The zero-order chi connectivity index (χ0) is 13.2. The number of pyridine rings is 1. The van der Waals surface area contributed by atoms with Crippen LogP contribution in [-0.2, 0) is 0 Å². The van der Waals surface area contributed by atoms with Crippen LogP contribution in [0.4, 0.5) is 0 Å². The molecule has 0 aliphatic heterocycles. The smallest absolute Gasteiger partial charge is 0.0708 e. The lowest BCUT2D eigenvalue weighted by Crippen LogP contribution is -2.04. The van der Waals surface area contributed by atoms with E-state index < -0.39 is 0 Å². The molecule has 0 saturated heterocycles. The van der Waals surface area contributed by atoms with Gasteiger partial charge in [-0.1, -0.05) is 42.5 Å². The molecule has 1 heterocycles. The van der Waals surface area contributed by atoms with Gasteiger partial charge in [0.15, 0.2) is 0 Å². The molecule has 3 rings (SSSR count). The van der Waals surface area contributed by atoms with Crippen molar-refractivity contribution in [1.29, 1.82) is 0 Å². The summed E-state index contributed by atoms with van der Waals surface area (Å²) in [4.78, 5) is 4.39. The minimum atomic E-state index is 0.0724. The maximum atomic E-state index is 5.88. The summed E-state index contributed by atoms with van der Waals surface area (Å²) in [7, 11) is 0. The Bertz CT molecular complexity index is 695. The third-order valence-electron chi connectivity index (χ3n) is 3.39. The second-order valence-corrected chi connectivity index (χ2v) is 4.79. The second kappa shape index (κ2) is 4.82. The van der Waals surface area contributed by atoms with E-state index in [0.717, 1.165) is 11.1 Å². The van der Waals surface area contributed by atoms with Gasteiger partial charge in [0.05, 0.1) is 5.52 Å². The van der Waals surface area contributed by atoms with Crippen LogP contribution in [0.25, 0.3) is 22.0 Å². The standard InChI is InChI=1S/C17H16N2/c1-12(18)13-7-9-14(10-8-13)15-4-2-6-17-16(15)5-3-11-19-17/h2-12H,18H2,1H3. The summed E-state index contributed by atoms with van der Waals surface area (Å²) in [6, 6.07) is 18.8. The van der Waals surface area contributed by atoms with E-state index in [-0.39, 0.29) is 6.04 Å². The van der Waals surface area contributed by atoms with Crippen molar-refractivity contribution in [2.45, 2.75) is 13.0 Å². The van der Waals surface area contributed by atoms with Crippen LogP contribution in [0.5, 0.6) is 0 Å². The Morgan fingerprint density at radius 1 is 0.947 bits per heavy atom. The maximum absolute atomic E-state index is 5.88. The molecule has 2 aromatic carbocycles. The molecule has 1 unspecified atom stereocenters. The van der Waals surface area contributed by atoms with Crippen molar-refractivity contribution < 1.29 is 0 Å². The summed E-state index contributed by atoms with van der Waals surface area (Å²) >= 11 is 0. The first kappa shape index (κ1) is 11.9. The number of hydrogen-bond donors (Lipinski definition) is 1. The molecule has 2 N–H and O–H groups in total. The molecule has 1 aromatic heterocycles. The van der Waals surface area contributed by atoms with Crippen LogP contribution in [0.3, 0.4) is 0 Å². The Labute approximate surface area is 112 Å². The van der Waals surface area contributed by atoms with Gasteiger partial charge in [-0.15, -0.1) is 0 Å². The van der Waals surface area contributed by atoms with Gasteiger partial charge >= 0.3 is 0 Å². The van der Waals surface area contributed by atoms with Crippen molar-refractivity contribution in [3.05, 3.63) is 66.4 Å². The highest BCUT2D eigenvalue weighted by Crippen LogP contribution is 2.28. The van der Waals surface area contributed by atoms with Crippen molar-refractivity contribution in [3.63, 3.8) is 0 Å². The lowest BCUT2D eigenvalue weighted by atomic mass is 9.98. The monoisotopic (exact) mass is 248 g/mol. The average Bonchev–Trinajstić information content (AvgIpc) is 2.47. The molecule has 0 bridgehead atoms. The molecule has 2 nitrogen and oxygen atoms in total. The van der Waals surface area contributed by atoms with Crippen molar-refractivity contribution in [2.75, 3.05) is 0 Å². The van der Waals surface area contributed by atoms with Gasteiger partial charge in [-0.2, -0.15) is 0 Å². The predicted molar refractivity (Wildman–Crippen MR) is 79.8 cm³/mol. The highest BCUT2D eigenvalue weighted by atomic mass is 14.6. The van der Waals surface area contributed by atoms with Gasteiger partial charge in [-0.05, 0) is 35.7 Å². The van der Waals surface area contributed by atoms with E-state index in [4.69, 9.17) is 5.73 Å². The largest absolute Gasteiger partial charge is 0.324 e. The lowest BCUT2D eigenvalue weighted by Gasteiger charge is -2.09. The van der Waals surface area contributed by atoms with Crippen LogP contribution in [0, 0.1) is 0 Å². The van der Waals surface area contributed by atoms with Crippen LogP contribution in [0.15, 0.2) is 60.8 Å². The van der Waals surface area contributed by atoms with Crippen LogP contribution >= 0.6 is 0 Å². The molecule has 0 fully saturated rings. The molecular formula is C17H16N2. The van der Waals surface area contributed by atoms with Crippen LogP contribution in [-0.4, -0.2) is 4.98 Å². The quantitative estimate of drug-likeness (QED) is 0.746. The molecule has 0 radical (unpaired) electrons. The van der Waals surface area contributed by atoms with E-state index in [1.54, 1.807) is 0 Å². The first-order valence-electron chi connectivity index (χ1n) is 6.45. The molecule has 19 heavy (non-hydrogen) atoms. The van der Waals surface area contributed by atoms with E-state index in [1.165, 1.54) is 16.5 Å². The van der Waals surface area contributed by atoms with E-state index in [0.29, 0.717) is 0 Å². The van der Waals surface area contributed by atoms with Crippen molar-refractivity contribution in [3.8, 4) is 11.1 Å². The molecule has 0 amide bonds. The van der Waals surface area contributed by atoms with Gasteiger partial charge in [0.25, 0.3) is 0 Å². The highest BCUT2D eigenvalue weighted by molar-refractivity contribution is 5.94. The van der Waals surface area contributed by atoms with Crippen molar-refractivity contribution >= 4 is 10.9 Å². The number of nitrogens with zero attached hydrogens (tertiary/aromatic N) is 1. The third kappa shape index (κ3) is 2.23. The Kier molecular flexibility index (Phi) is 3.02. The van der Waals surface area contributed by atoms with Gasteiger partial charge < -0.3 is 5.73 Å².